The van der Waals surface area contributed by atoms with Gasteiger partial charge in [0, 0.05) is 18.7 Å². The van der Waals surface area contributed by atoms with Gasteiger partial charge in [0.05, 0.1) is 18.4 Å². The largest absolute Gasteiger partial charge is 0.490 e. The van der Waals surface area contributed by atoms with Crippen LogP contribution in [0.2, 0.25) is 0 Å². The molecule has 0 aromatic carbocycles. The highest BCUT2D eigenvalue weighted by molar-refractivity contribution is 7.66. The lowest BCUT2D eigenvalue weighted by Crippen LogP contribution is -2.32. The second-order valence-electron chi connectivity index (χ2n) is 7.60. The van der Waals surface area contributed by atoms with Gasteiger partial charge in [0.2, 0.25) is 0 Å². The highest BCUT2D eigenvalue weighted by atomic mass is 31.3. The van der Waals surface area contributed by atoms with Crippen LogP contribution in [0.5, 0.6) is 0 Å². The molecule has 7 atom stereocenters. The molecule has 2 aromatic heterocycles. The van der Waals surface area contributed by atoms with Crippen molar-refractivity contribution in [3.63, 3.8) is 0 Å². The van der Waals surface area contributed by atoms with Gasteiger partial charge in [-0.1, -0.05) is 13.8 Å². The first-order chi connectivity index (χ1) is 15.6. The van der Waals surface area contributed by atoms with Gasteiger partial charge < -0.3 is 30.6 Å². The predicted octanol–water partition coefficient (Wildman–Crippen LogP) is 2.04. The number of anilines is 1. The number of fused-ring (bicyclic) bond motifs is 1. The Morgan fingerprint density at radius 2 is 1.88 bits per heavy atom. The first-order valence-corrected chi connectivity index (χ1v) is 14.0. The van der Waals surface area contributed by atoms with E-state index in [2.05, 4.69) is 23.2 Å². The van der Waals surface area contributed by atoms with Crippen LogP contribution < -0.4 is 5.73 Å². The maximum atomic E-state index is 12.2. The smallest absolute Gasteiger partial charge is 0.382 e. The second kappa shape index (κ2) is 9.49. The maximum Gasteiger partial charge on any atom is 0.490 e. The Morgan fingerprint density at radius 3 is 2.50 bits per heavy atom. The van der Waals surface area contributed by atoms with Crippen LogP contribution >= 0.6 is 23.5 Å². The lowest BCUT2D eigenvalue weighted by Gasteiger charge is -2.29. The van der Waals surface area contributed by atoms with Gasteiger partial charge in [0.1, 0.15) is 17.9 Å². The number of nitrogen functional groups attached to an aromatic ring is 1. The van der Waals surface area contributed by atoms with Crippen LogP contribution in [0.3, 0.4) is 0 Å². The van der Waals surface area contributed by atoms with E-state index in [0.29, 0.717) is 18.3 Å². The van der Waals surface area contributed by atoms with Crippen LogP contribution in [0.15, 0.2) is 18.5 Å². The third kappa shape index (κ3) is 5.48. The summed E-state index contributed by atoms with van der Waals surface area (Å²) in [5.41, 5.74) is 6.01. The van der Waals surface area contributed by atoms with Crippen molar-refractivity contribution in [2.45, 2.75) is 26.1 Å². The molecule has 1 saturated heterocycles. The molecule has 0 spiro atoms. The molecule has 3 heterocycles. The van der Waals surface area contributed by atoms with E-state index in [4.69, 9.17) is 25.3 Å². The number of rotatable bonds is 10. The summed E-state index contributed by atoms with van der Waals surface area (Å²) in [5, 5.41) is 12.2. The zero-order valence-electron chi connectivity index (χ0n) is 18.1. The molecule has 190 valence electrons. The average Bonchev–Trinajstić information content (AvgIpc) is 3.26. The first kappa shape index (κ1) is 27.1. The van der Waals surface area contributed by atoms with Gasteiger partial charge in [-0.15, -0.1) is 0 Å². The molecule has 34 heavy (non-hydrogen) atoms. The van der Waals surface area contributed by atoms with Crippen molar-refractivity contribution in [3.05, 3.63) is 24.2 Å². The minimum Gasteiger partial charge on any atom is -0.382 e. The monoisotopic (exact) mass is 543 g/mol. The summed E-state index contributed by atoms with van der Waals surface area (Å²) >= 11 is 0. The van der Waals surface area contributed by atoms with Crippen LogP contribution in [0.1, 0.15) is 25.6 Å². The van der Waals surface area contributed by atoms with Crippen molar-refractivity contribution in [1.82, 2.24) is 14.6 Å². The highest BCUT2D eigenvalue weighted by Gasteiger charge is 2.52. The summed E-state index contributed by atoms with van der Waals surface area (Å²) in [4.78, 5) is 32.3. The number of hydrogen-bond acceptors (Lipinski definition) is 12. The molecule has 1 aliphatic rings. The van der Waals surface area contributed by atoms with Gasteiger partial charge >= 0.3 is 23.5 Å². The van der Waals surface area contributed by atoms with Gasteiger partial charge in [-0.3, -0.25) is 9.05 Å². The second-order valence-corrected chi connectivity index (χ2v) is 12.3. The summed E-state index contributed by atoms with van der Waals surface area (Å²) in [6, 6.07) is 3.38. The fraction of sp³-hybridized carbons (Fsp3) is 0.533. The Hall–Kier alpha value is -1.54. The SMILES string of the molecule is COP(=O)(O)OP(=O)(O)OP(=O)(O)OCC1O[C@@H](c2ccc3c(N)ncnn23)[C@](C)(C=N)[C@@H]1C. The van der Waals surface area contributed by atoms with Crippen molar-refractivity contribution in [3.8, 4) is 0 Å². The molecular formula is C15H24N5O11P3. The van der Waals surface area contributed by atoms with Gasteiger partial charge in [-0.05, 0) is 18.1 Å². The minimum atomic E-state index is -5.53. The van der Waals surface area contributed by atoms with Crippen molar-refractivity contribution in [2.24, 2.45) is 11.3 Å². The van der Waals surface area contributed by atoms with Crippen LogP contribution in [0, 0.1) is 16.7 Å². The third-order valence-corrected chi connectivity index (χ3v) is 9.79. The normalized spacial score (nSPS) is 30.5. The maximum absolute atomic E-state index is 12.2. The molecule has 0 saturated carbocycles. The van der Waals surface area contributed by atoms with E-state index < -0.39 is 53.6 Å². The Kier molecular flexibility index (Phi) is 7.55. The highest BCUT2D eigenvalue weighted by Crippen LogP contribution is 2.67. The summed E-state index contributed by atoms with van der Waals surface area (Å²) in [5.74, 6) is -0.221. The first-order valence-electron chi connectivity index (χ1n) is 9.51. The standard InChI is InChI=1S/C15H24N5O11P3/c1-9-12(6-28-33(23,24)31-34(25,26)30-32(21,22)27-3)29-13(15(9,2)7-16)10-4-5-11-14(17)18-8-19-20(10)11/h4-5,7-9,12-13,16H,6H2,1-3H3,(H,21,22)(H,23,24)(H,25,26)(H2,17,18,19)/t9-,12?,13+,15-/m1/s1. The van der Waals surface area contributed by atoms with Gasteiger partial charge in [0.25, 0.3) is 0 Å². The molecule has 16 nitrogen and oxygen atoms in total. The number of ether oxygens (including phenoxy) is 1. The molecule has 19 heteroatoms. The van der Waals surface area contributed by atoms with E-state index in [-0.39, 0.29) is 5.82 Å². The number of aromatic nitrogens is 3. The van der Waals surface area contributed by atoms with E-state index in [0.717, 1.165) is 0 Å². The topological polar surface area (TPSA) is 238 Å². The van der Waals surface area contributed by atoms with Gasteiger partial charge in [-0.25, -0.2) is 23.2 Å². The summed E-state index contributed by atoms with van der Waals surface area (Å²) in [6.45, 7) is 2.87. The molecule has 0 radical (unpaired) electrons. The number of nitrogens with zero attached hydrogens (tertiary/aromatic N) is 3. The molecule has 2 aromatic rings. The van der Waals surface area contributed by atoms with Crippen LogP contribution in [-0.4, -0.2) is 55.3 Å². The molecule has 0 amide bonds. The van der Waals surface area contributed by atoms with E-state index in [1.807, 2.05) is 0 Å². The van der Waals surface area contributed by atoms with Crippen molar-refractivity contribution < 1.29 is 50.8 Å². The van der Waals surface area contributed by atoms with Gasteiger partial charge in [-0.2, -0.15) is 13.7 Å². The minimum absolute atomic E-state index is 0.235. The zero-order valence-corrected chi connectivity index (χ0v) is 20.8. The quantitative estimate of drug-likeness (QED) is 0.213. The Labute approximate surface area is 193 Å². The Balaban J connectivity index is 1.78. The fourth-order valence-corrected chi connectivity index (χ4v) is 6.79. The molecule has 1 fully saturated rings. The molecular weight excluding hydrogens is 519 g/mol. The molecule has 3 rings (SSSR count). The molecule has 0 bridgehead atoms. The van der Waals surface area contributed by atoms with E-state index in [1.165, 1.54) is 17.1 Å². The summed E-state index contributed by atoms with van der Waals surface area (Å²) in [7, 11) is -15.1. The van der Waals surface area contributed by atoms with Crippen LogP contribution in [-0.2, 0) is 36.1 Å². The van der Waals surface area contributed by atoms with Crippen LogP contribution in [0.4, 0.5) is 5.82 Å². The lowest BCUT2D eigenvalue weighted by atomic mass is 9.74. The number of phosphoric acid groups is 3. The average molecular weight is 543 g/mol. The van der Waals surface area contributed by atoms with Crippen molar-refractivity contribution in [2.75, 3.05) is 19.5 Å². The van der Waals surface area contributed by atoms with Gasteiger partial charge in [0.15, 0.2) is 5.82 Å². The van der Waals surface area contributed by atoms with Crippen molar-refractivity contribution >= 4 is 41.0 Å². The summed E-state index contributed by atoms with van der Waals surface area (Å²) in [6.07, 6.45) is 0.808. The van der Waals surface area contributed by atoms with Crippen LogP contribution in [0.25, 0.3) is 5.52 Å². The number of nitrogens with two attached hydrogens (primary N) is 1. The fourth-order valence-electron chi connectivity index (χ4n) is 3.53. The molecule has 6 N–H and O–H groups in total. The predicted molar refractivity (Wildman–Crippen MR) is 116 cm³/mol. The number of phosphoric ester groups is 2. The number of nitrogens with one attached hydrogen (secondary N) is 1. The van der Waals surface area contributed by atoms with E-state index >= 15 is 0 Å². The Bertz CT molecular complexity index is 1220. The summed E-state index contributed by atoms with van der Waals surface area (Å²) < 4.78 is 59.4. The third-order valence-electron chi connectivity index (χ3n) is 5.55. The van der Waals surface area contributed by atoms with E-state index in [1.54, 1.807) is 26.0 Å². The molecule has 4 unspecified atom stereocenters. The van der Waals surface area contributed by atoms with E-state index in [9.17, 15) is 23.5 Å². The number of hydrogen-bond donors (Lipinski definition) is 5. The lowest BCUT2D eigenvalue weighted by molar-refractivity contribution is -0.00741. The zero-order chi connectivity index (χ0) is 25.5. The molecule has 0 aliphatic carbocycles. The Morgan fingerprint density at radius 1 is 1.24 bits per heavy atom. The molecule has 1 aliphatic heterocycles. The van der Waals surface area contributed by atoms with Crippen molar-refractivity contribution in [1.29, 1.82) is 5.41 Å².